The molecule has 0 aliphatic carbocycles. The van der Waals surface area contributed by atoms with Gasteiger partial charge in [-0.3, -0.25) is 9.48 Å². The summed E-state index contributed by atoms with van der Waals surface area (Å²) in [6.45, 7) is 2.19. The highest BCUT2D eigenvalue weighted by atomic mass is 32.1. The molecular formula is C16H21N5O3S2. The van der Waals surface area contributed by atoms with E-state index in [1.165, 1.54) is 23.3 Å². The van der Waals surface area contributed by atoms with E-state index < -0.39 is 5.97 Å². The van der Waals surface area contributed by atoms with E-state index in [-0.39, 0.29) is 5.91 Å². The molecule has 0 spiro atoms. The van der Waals surface area contributed by atoms with Crippen molar-refractivity contribution in [3.05, 3.63) is 34.0 Å². The molecule has 1 amide bonds. The van der Waals surface area contributed by atoms with Gasteiger partial charge >= 0.3 is 5.97 Å². The average molecular weight is 396 g/mol. The fraction of sp³-hybridized carbons (Fsp3) is 0.375. The number of thiocarbonyl (C=S) groups is 1. The molecule has 140 valence electrons. The van der Waals surface area contributed by atoms with Crippen molar-refractivity contribution in [1.82, 2.24) is 20.0 Å². The number of hydrogen-bond donors (Lipinski definition) is 2. The molecule has 0 bridgehead atoms. The third kappa shape index (κ3) is 4.20. The van der Waals surface area contributed by atoms with Gasteiger partial charge in [0.15, 0.2) is 5.11 Å². The number of carbonyl (C=O) groups excluding carboxylic acids is 2. The predicted molar refractivity (Wildman–Crippen MR) is 105 cm³/mol. The van der Waals surface area contributed by atoms with Gasteiger partial charge in [-0.05, 0) is 30.8 Å². The lowest BCUT2D eigenvalue weighted by Crippen LogP contribution is -2.29. The summed E-state index contributed by atoms with van der Waals surface area (Å²) in [6, 6.07) is 1.87. The van der Waals surface area contributed by atoms with Crippen molar-refractivity contribution >= 4 is 45.5 Å². The Kier molecular flexibility index (Phi) is 6.32. The first kappa shape index (κ1) is 19.9. The third-order valence-electron chi connectivity index (χ3n) is 3.72. The minimum absolute atomic E-state index is 0.181. The number of anilines is 1. The maximum atomic E-state index is 12.3. The minimum Gasteiger partial charge on any atom is -0.465 e. The molecule has 0 aromatic carbocycles. The van der Waals surface area contributed by atoms with Crippen LogP contribution in [0.3, 0.4) is 0 Å². The fourth-order valence-corrected chi connectivity index (χ4v) is 3.71. The topological polar surface area (TPSA) is 88.5 Å². The minimum atomic E-state index is -0.520. The standard InChI is InChI=1S/C16H21N5O3S2/c1-9-11(15(23)24-5)13(26-12(9)14(22)20(2)3)19-16(25)17-8-10-6-7-18-21(10)4/h6-7H,8H2,1-5H3,(H2,17,19,25). The number of amides is 1. The smallest absolute Gasteiger partial charge is 0.341 e. The highest BCUT2D eigenvalue weighted by Crippen LogP contribution is 2.34. The van der Waals surface area contributed by atoms with Gasteiger partial charge in [0.25, 0.3) is 5.91 Å². The molecule has 0 radical (unpaired) electrons. The Morgan fingerprint density at radius 2 is 2.12 bits per heavy atom. The largest absolute Gasteiger partial charge is 0.465 e. The number of nitrogens with one attached hydrogen (secondary N) is 2. The number of aryl methyl sites for hydroxylation is 1. The zero-order chi connectivity index (χ0) is 19.4. The number of nitrogens with zero attached hydrogens (tertiary/aromatic N) is 3. The number of methoxy groups -OCH3 is 1. The van der Waals surface area contributed by atoms with Gasteiger partial charge in [0, 0.05) is 27.3 Å². The van der Waals surface area contributed by atoms with Gasteiger partial charge in [0.1, 0.15) is 5.00 Å². The molecule has 0 aliphatic heterocycles. The lowest BCUT2D eigenvalue weighted by molar-refractivity contribution is 0.0601. The van der Waals surface area contributed by atoms with E-state index in [1.54, 1.807) is 31.9 Å². The Morgan fingerprint density at radius 1 is 1.42 bits per heavy atom. The number of thiophene rings is 1. The first-order valence-electron chi connectivity index (χ1n) is 7.71. The lowest BCUT2D eigenvalue weighted by atomic mass is 10.1. The van der Waals surface area contributed by atoms with Crippen molar-refractivity contribution in [2.24, 2.45) is 7.05 Å². The van der Waals surface area contributed by atoms with Crippen LogP contribution < -0.4 is 10.6 Å². The lowest BCUT2D eigenvalue weighted by Gasteiger charge is -2.10. The van der Waals surface area contributed by atoms with Gasteiger partial charge in [-0.15, -0.1) is 11.3 Å². The normalized spacial score (nSPS) is 10.3. The second-order valence-corrected chi connectivity index (χ2v) is 7.13. The van der Waals surface area contributed by atoms with Crippen molar-refractivity contribution in [2.45, 2.75) is 13.5 Å². The molecule has 2 aromatic heterocycles. The van der Waals surface area contributed by atoms with Crippen LogP contribution in [0.2, 0.25) is 0 Å². The zero-order valence-corrected chi connectivity index (χ0v) is 16.9. The zero-order valence-electron chi connectivity index (χ0n) is 15.2. The van der Waals surface area contributed by atoms with E-state index in [0.29, 0.717) is 32.7 Å². The van der Waals surface area contributed by atoms with Gasteiger partial charge in [0.05, 0.1) is 29.8 Å². The molecule has 0 saturated carbocycles. The second-order valence-electron chi connectivity index (χ2n) is 5.71. The van der Waals surface area contributed by atoms with E-state index in [0.717, 1.165) is 5.69 Å². The molecule has 2 heterocycles. The molecule has 0 unspecified atom stereocenters. The van der Waals surface area contributed by atoms with Crippen LogP contribution in [0.4, 0.5) is 5.00 Å². The maximum absolute atomic E-state index is 12.3. The number of hydrogen-bond acceptors (Lipinski definition) is 6. The van der Waals surface area contributed by atoms with Crippen LogP contribution in [0.25, 0.3) is 0 Å². The summed E-state index contributed by atoms with van der Waals surface area (Å²) < 4.78 is 6.59. The molecule has 8 nitrogen and oxygen atoms in total. The fourth-order valence-electron chi connectivity index (χ4n) is 2.25. The van der Waals surface area contributed by atoms with E-state index >= 15 is 0 Å². The van der Waals surface area contributed by atoms with Gasteiger partial charge in [-0.2, -0.15) is 5.10 Å². The molecule has 10 heteroatoms. The molecule has 2 rings (SSSR count). The van der Waals surface area contributed by atoms with Crippen LogP contribution in [-0.4, -0.2) is 52.9 Å². The van der Waals surface area contributed by atoms with Gasteiger partial charge in [-0.1, -0.05) is 0 Å². The van der Waals surface area contributed by atoms with Crippen LogP contribution >= 0.6 is 23.6 Å². The van der Waals surface area contributed by atoms with E-state index in [2.05, 4.69) is 15.7 Å². The van der Waals surface area contributed by atoms with Crippen LogP contribution in [0.1, 0.15) is 31.3 Å². The van der Waals surface area contributed by atoms with Crippen molar-refractivity contribution < 1.29 is 14.3 Å². The molecule has 2 aromatic rings. The molecule has 0 aliphatic rings. The average Bonchev–Trinajstić information content (AvgIpc) is 3.14. The number of ether oxygens (including phenoxy) is 1. The molecule has 2 N–H and O–H groups in total. The Morgan fingerprint density at radius 3 is 2.65 bits per heavy atom. The maximum Gasteiger partial charge on any atom is 0.341 e. The number of carbonyl (C=O) groups is 2. The summed E-state index contributed by atoms with van der Waals surface area (Å²) in [5.41, 5.74) is 1.83. The Labute approximate surface area is 161 Å². The summed E-state index contributed by atoms with van der Waals surface area (Å²) in [7, 11) is 6.46. The van der Waals surface area contributed by atoms with Crippen molar-refractivity contribution in [2.75, 3.05) is 26.5 Å². The Balaban J connectivity index is 2.22. The number of rotatable bonds is 5. The Hall–Kier alpha value is -2.46. The van der Waals surface area contributed by atoms with Gasteiger partial charge in [0.2, 0.25) is 0 Å². The van der Waals surface area contributed by atoms with E-state index in [9.17, 15) is 9.59 Å². The SMILES string of the molecule is COC(=O)c1c(NC(=S)NCc2ccnn2C)sc(C(=O)N(C)C)c1C. The first-order valence-corrected chi connectivity index (χ1v) is 8.93. The molecule has 0 atom stereocenters. The monoisotopic (exact) mass is 395 g/mol. The molecule has 0 saturated heterocycles. The molecule has 0 fully saturated rings. The van der Waals surface area contributed by atoms with Crippen molar-refractivity contribution in [3.8, 4) is 0 Å². The van der Waals surface area contributed by atoms with Gasteiger partial charge in [-0.25, -0.2) is 4.79 Å². The summed E-state index contributed by atoms with van der Waals surface area (Å²) >= 11 is 6.48. The van der Waals surface area contributed by atoms with E-state index in [1.807, 2.05) is 13.1 Å². The van der Waals surface area contributed by atoms with Crippen molar-refractivity contribution in [1.29, 1.82) is 0 Å². The van der Waals surface area contributed by atoms with Crippen molar-refractivity contribution in [3.63, 3.8) is 0 Å². The summed E-state index contributed by atoms with van der Waals surface area (Å²) in [4.78, 5) is 26.4. The second kappa shape index (κ2) is 8.28. The highest BCUT2D eigenvalue weighted by molar-refractivity contribution is 7.80. The van der Waals surface area contributed by atoms with Crippen LogP contribution in [0.5, 0.6) is 0 Å². The summed E-state index contributed by atoms with van der Waals surface area (Å²) in [5.74, 6) is -0.701. The summed E-state index contributed by atoms with van der Waals surface area (Å²) in [5, 5.41) is 11.0. The molecule has 26 heavy (non-hydrogen) atoms. The highest BCUT2D eigenvalue weighted by Gasteiger charge is 2.26. The quantitative estimate of drug-likeness (QED) is 0.589. The summed E-state index contributed by atoms with van der Waals surface area (Å²) in [6.07, 6.45) is 1.70. The van der Waals surface area contributed by atoms with Crippen LogP contribution in [0, 0.1) is 6.92 Å². The third-order valence-corrected chi connectivity index (χ3v) is 5.16. The molecular weight excluding hydrogens is 374 g/mol. The first-order chi connectivity index (χ1) is 12.3. The predicted octanol–water partition coefficient (Wildman–Crippen LogP) is 1.77. The van der Waals surface area contributed by atoms with Crippen LogP contribution in [0.15, 0.2) is 12.3 Å². The number of esters is 1. The van der Waals surface area contributed by atoms with E-state index in [4.69, 9.17) is 17.0 Å². The number of aromatic nitrogens is 2. The van der Waals surface area contributed by atoms with Crippen LogP contribution in [-0.2, 0) is 18.3 Å². The Bertz CT molecular complexity index is 841. The van der Waals surface area contributed by atoms with Gasteiger partial charge < -0.3 is 20.3 Å².